The van der Waals surface area contributed by atoms with E-state index < -0.39 is 0 Å². The van der Waals surface area contributed by atoms with Crippen molar-refractivity contribution in [2.75, 3.05) is 24.6 Å². The van der Waals surface area contributed by atoms with Gasteiger partial charge in [0.2, 0.25) is 0 Å². The van der Waals surface area contributed by atoms with Crippen LogP contribution in [0.5, 0.6) is 0 Å². The summed E-state index contributed by atoms with van der Waals surface area (Å²) in [5.74, 6) is -0.125. The molecule has 0 unspecified atom stereocenters. The second kappa shape index (κ2) is 8.11. The Morgan fingerprint density at radius 3 is 3.00 bits per heavy atom. The molecule has 3 rings (SSSR count). The fraction of sp³-hybridized carbons (Fsp3) is 0.389. The summed E-state index contributed by atoms with van der Waals surface area (Å²) in [6, 6.07) is 7.05. The van der Waals surface area contributed by atoms with Gasteiger partial charge in [-0.1, -0.05) is 6.07 Å². The molecule has 1 fully saturated rings. The Kier molecular flexibility index (Phi) is 5.65. The molecule has 2 amide bonds. The predicted octanol–water partition coefficient (Wildman–Crippen LogP) is 3.16. The van der Waals surface area contributed by atoms with E-state index in [1.165, 1.54) is 4.90 Å². The molecule has 1 aromatic carbocycles. The number of benzene rings is 1. The molecule has 0 atom stereocenters. The Hall–Kier alpha value is -2.41. The van der Waals surface area contributed by atoms with Crippen LogP contribution in [0, 0.1) is 6.92 Å². The van der Waals surface area contributed by atoms with Gasteiger partial charge >= 0.3 is 6.09 Å². The molecule has 2 heterocycles. The van der Waals surface area contributed by atoms with E-state index in [2.05, 4.69) is 15.7 Å². The van der Waals surface area contributed by atoms with E-state index in [1.54, 1.807) is 35.6 Å². The van der Waals surface area contributed by atoms with E-state index in [4.69, 9.17) is 4.74 Å². The maximum absolute atomic E-state index is 12.3. The molecule has 0 bridgehead atoms. The monoisotopic (exact) mass is 359 g/mol. The number of unbranched alkanes of at least 4 members (excludes halogenated alkanes) is 1. The summed E-state index contributed by atoms with van der Waals surface area (Å²) in [6.07, 6.45) is 2.48. The molecule has 6 nitrogen and oxygen atoms in total. The van der Waals surface area contributed by atoms with Crippen molar-refractivity contribution in [2.24, 2.45) is 0 Å². The van der Waals surface area contributed by atoms with Crippen LogP contribution in [-0.2, 0) is 11.2 Å². The predicted molar refractivity (Wildman–Crippen MR) is 97.3 cm³/mol. The summed E-state index contributed by atoms with van der Waals surface area (Å²) in [4.78, 5) is 29.9. The van der Waals surface area contributed by atoms with Crippen molar-refractivity contribution >= 4 is 29.0 Å². The molecule has 0 aliphatic carbocycles. The van der Waals surface area contributed by atoms with Gasteiger partial charge in [-0.25, -0.2) is 9.78 Å². The van der Waals surface area contributed by atoms with Crippen LogP contribution in [0.15, 0.2) is 29.6 Å². The van der Waals surface area contributed by atoms with E-state index in [1.807, 2.05) is 6.92 Å². The molecule has 0 radical (unpaired) electrons. The molecular formula is C18H21N3O3S. The number of aromatic nitrogens is 1. The van der Waals surface area contributed by atoms with Gasteiger partial charge in [0, 0.05) is 28.9 Å². The zero-order chi connectivity index (χ0) is 17.6. The van der Waals surface area contributed by atoms with Gasteiger partial charge in [-0.05, 0) is 44.4 Å². The van der Waals surface area contributed by atoms with Gasteiger partial charge in [0.1, 0.15) is 6.61 Å². The van der Waals surface area contributed by atoms with Crippen LogP contribution in [0.2, 0.25) is 0 Å². The number of nitrogens with one attached hydrogen (secondary N) is 1. The maximum Gasteiger partial charge on any atom is 0.414 e. The topological polar surface area (TPSA) is 71.5 Å². The molecular weight excluding hydrogens is 338 g/mol. The summed E-state index contributed by atoms with van der Waals surface area (Å²) in [5.41, 5.74) is 2.30. The van der Waals surface area contributed by atoms with Crippen molar-refractivity contribution in [2.45, 2.75) is 26.2 Å². The molecule has 0 spiro atoms. The highest BCUT2D eigenvalue weighted by molar-refractivity contribution is 7.09. The van der Waals surface area contributed by atoms with Crippen LogP contribution in [0.4, 0.5) is 10.5 Å². The summed E-state index contributed by atoms with van der Waals surface area (Å²) in [6.45, 7) is 3.52. The lowest BCUT2D eigenvalue weighted by molar-refractivity contribution is 0.0953. The molecule has 0 saturated carbocycles. The number of carbonyl (C=O) groups is 2. The number of ether oxygens (including phenoxy) is 1. The number of hydrogen-bond acceptors (Lipinski definition) is 5. The van der Waals surface area contributed by atoms with E-state index in [0.717, 1.165) is 30.0 Å². The molecule has 1 aliphatic rings. The number of amides is 2. The van der Waals surface area contributed by atoms with Crippen LogP contribution >= 0.6 is 11.3 Å². The lowest BCUT2D eigenvalue weighted by atomic mass is 10.1. The minimum atomic E-state index is -0.366. The SMILES string of the molecule is Cc1csc(CCCCNC(=O)c2cccc(N3CCOC3=O)c2)n1. The average Bonchev–Trinajstić information content (AvgIpc) is 3.22. The molecule has 25 heavy (non-hydrogen) atoms. The molecule has 1 aliphatic heterocycles. The Labute approximate surface area is 150 Å². The van der Waals surface area contributed by atoms with E-state index in [-0.39, 0.29) is 12.0 Å². The van der Waals surface area contributed by atoms with E-state index in [0.29, 0.717) is 30.9 Å². The molecule has 1 saturated heterocycles. The van der Waals surface area contributed by atoms with Gasteiger partial charge in [-0.3, -0.25) is 9.69 Å². The second-order valence-corrected chi connectivity index (χ2v) is 6.85. The lowest BCUT2D eigenvalue weighted by Crippen LogP contribution is -2.26. The van der Waals surface area contributed by atoms with Crippen molar-refractivity contribution in [3.63, 3.8) is 0 Å². The van der Waals surface area contributed by atoms with Gasteiger partial charge < -0.3 is 10.1 Å². The Balaban J connectivity index is 1.45. The van der Waals surface area contributed by atoms with Crippen molar-refractivity contribution in [3.05, 3.63) is 45.9 Å². The van der Waals surface area contributed by atoms with Crippen LogP contribution in [-0.4, -0.2) is 36.7 Å². The number of thiazole rings is 1. The summed E-state index contributed by atoms with van der Waals surface area (Å²) in [7, 11) is 0. The zero-order valence-electron chi connectivity index (χ0n) is 14.2. The van der Waals surface area contributed by atoms with E-state index >= 15 is 0 Å². The highest BCUT2D eigenvalue weighted by atomic mass is 32.1. The highest BCUT2D eigenvalue weighted by Gasteiger charge is 2.24. The zero-order valence-corrected chi connectivity index (χ0v) is 15.0. The fourth-order valence-electron chi connectivity index (χ4n) is 2.67. The lowest BCUT2D eigenvalue weighted by Gasteiger charge is -2.13. The van der Waals surface area contributed by atoms with Crippen LogP contribution in [0.3, 0.4) is 0 Å². The summed E-state index contributed by atoms with van der Waals surface area (Å²) >= 11 is 1.68. The standard InChI is InChI=1S/C18H21N3O3S/c1-13-12-25-16(20-13)7-2-3-8-19-17(22)14-5-4-6-15(11-14)21-9-10-24-18(21)23/h4-6,11-12H,2-3,7-10H2,1H3,(H,19,22). The number of nitrogens with zero attached hydrogens (tertiary/aromatic N) is 2. The third kappa shape index (κ3) is 4.57. The minimum Gasteiger partial charge on any atom is -0.447 e. The Bertz CT molecular complexity index is 760. The minimum absolute atomic E-state index is 0.125. The first kappa shape index (κ1) is 17.4. The van der Waals surface area contributed by atoms with Crippen LogP contribution in [0.1, 0.15) is 33.9 Å². The average molecular weight is 359 g/mol. The van der Waals surface area contributed by atoms with E-state index in [9.17, 15) is 9.59 Å². The first-order chi connectivity index (χ1) is 12.1. The molecule has 1 N–H and O–H groups in total. The van der Waals surface area contributed by atoms with Crippen LogP contribution < -0.4 is 10.2 Å². The van der Waals surface area contributed by atoms with Gasteiger partial charge in [-0.15, -0.1) is 11.3 Å². The Morgan fingerprint density at radius 1 is 1.40 bits per heavy atom. The summed E-state index contributed by atoms with van der Waals surface area (Å²) < 4.78 is 4.93. The summed E-state index contributed by atoms with van der Waals surface area (Å²) in [5, 5.41) is 6.13. The molecule has 2 aromatic rings. The van der Waals surface area contributed by atoms with Crippen molar-refractivity contribution in [1.82, 2.24) is 10.3 Å². The van der Waals surface area contributed by atoms with Crippen molar-refractivity contribution < 1.29 is 14.3 Å². The number of aryl methyl sites for hydroxylation is 2. The van der Waals surface area contributed by atoms with Gasteiger partial charge in [0.15, 0.2) is 0 Å². The second-order valence-electron chi connectivity index (χ2n) is 5.91. The smallest absolute Gasteiger partial charge is 0.414 e. The number of carbonyl (C=O) groups excluding carboxylic acids is 2. The largest absolute Gasteiger partial charge is 0.447 e. The third-order valence-corrected chi connectivity index (χ3v) is 4.98. The number of rotatable bonds is 7. The van der Waals surface area contributed by atoms with Crippen molar-refractivity contribution in [3.8, 4) is 0 Å². The number of anilines is 1. The molecule has 7 heteroatoms. The first-order valence-electron chi connectivity index (χ1n) is 8.37. The highest BCUT2D eigenvalue weighted by Crippen LogP contribution is 2.20. The first-order valence-corrected chi connectivity index (χ1v) is 9.25. The fourth-order valence-corrected chi connectivity index (χ4v) is 3.48. The number of hydrogen-bond donors (Lipinski definition) is 1. The van der Waals surface area contributed by atoms with Gasteiger partial charge in [0.25, 0.3) is 5.91 Å². The molecule has 132 valence electrons. The normalized spacial score (nSPS) is 13.8. The Morgan fingerprint density at radius 2 is 2.28 bits per heavy atom. The maximum atomic E-state index is 12.3. The quantitative estimate of drug-likeness (QED) is 0.771. The number of cyclic esters (lactones) is 1. The third-order valence-electron chi connectivity index (χ3n) is 3.95. The van der Waals surface area contributed by atoms with Gasteiger partial charge in [-0.2, -0.15) is 0 Å². The van der Waals surface area contributed by atoms with Crippen LogP contribution in [0.25, 0.3) is 0 Å². The van der Waals surface area contributed by atoms with Gasteiger partial charge in [0.05, 0.1) is 11.6 Å². The van der Waals surface area contributed by atoms with Crippen molar-refractivity contribution in [1.29, 1.82) is 0 Å². The molecule has 1 aromatic heterocycles.